The SMILES string of the molecule is CCn1c(CCNC(=O)c2ccc(Cl)c(I)c2)n[nH]c1=S. The molecule has 0 atom stereocenters. The Bertz CT molecular complexity index is 712. The Hall–Kier alpha value is -0.930. The number of carbonyl (C=O) groups excluding carboxylic acids is 1. The second-order valence-electron chi connectivity index (χ2n) is 4.32. The quantitative estimate of drug-likeness (QED) is 0.559. The molecular formula is C13H14ClIN4OS. The number of hydrogen-bond acceptors (Lipinski definition) is 3. The molecule has 1 aromatic heterocycles. The van der Waals surface area contributed by atoms with Gasteiger partial charge in [-0.15, -0.1) is 0 Å². The topological polar surface area (TPSA) is 62.7 Å². The summed E-state index contributed by atoms with van der Waals surface area (Å²) in [6.45, 7) is 3.26. The summed E-state index contributed by atoms with van der Waals surface area (Å²) >= 11 is 13.2. The minimum Gasteiger partial charge on any atom is -0.352 e. The number of nitrogens with zero attached hydrogens (tertiary/aromatic N) is 2. The first-order valence-electron chi connectivity index (χ1n) is 6.40. The van der Waals surface area contributed by atoms with Crippen molar-refractivity contribution in [3.8, 4) is 0 Å². The molecule has 21 heavy (non-hydrogen) atoms. The molecule has 0 saturated heterocycles. The molecule has 8 heteroatoms. The molecule has 0 aliphatic heterocycles. The van der Waals surface area contributed by atoms with Gasteiger partial charge in [0.2, 0.25) is 0 Å². The zero-order chi connectivity index (χ0) is 15.4. The van der Waals surface area contributed by atoms with Gasteiger partial charge in [-0.1, -0.05) is 11.6 Å². The third kappa shape index (κ3) is 4.04. The Labute approximate surface area is 146 Å². The second kappa shape index (κ2) is 7.37. The molecule has 0 fully saturated rings. The smallest absolute Gasteiger partial charge is 0.251 e. The summed E-state index contributed by atoms with van der Waals surface area (Å²) in [6.07, 6.45) is 0.622. The Morgan fingerprint density at radius 3 is 3.00 bits per heavy atom. The summed E-state index contributed by atoms with van der Waals surface area (Å²) in [7, 11) is 0. The summed E-state index contributed by atoms with van der Waals surface area (Å²) < 4.78 is 3.37. The second-order valence-corrected chi connectivity index (χ2v) is 6.28. The molecule has 1 heterocycles. The molecule has 0 spiro atoms. The van der Waals surface area contributed by atoms with E-state index in [4.69, 9.17) is 23.8 Å². The number of hydrogen-bond donors (Lipinski definition) is 2. The Morgan fingerprint density at radius 2 is 2.33 bits per heavy atom. The highest BCUT2D eigenvalue weighted by molar-refractivity contribution is 14.1. The van der Waals surface area contributed by atoms with Crippen LogP contribution in [0.25, 0.3) is 0 Å². The lowest BCUT2D eigenvalue weighted by Gasteiger charge is -2.07. The molecule has 0 bridgehead atoms. The number of carbonyl (C=O) groups is 1. The van der Waals surface area contributed by atoms with E-state index in [0.717, 1.165) is 15.9 Å². The van der Waals surface area contributed by atoms with Crippen molar-refractivity contribution in [1.29, 1.82) is 0 Å². The largest absolute Gasteiger partial charge is 0.352 e. The van der Waals surface area contributed by atoms with Crippen LogP contribution < -0.4 is 5.32 Å². The zero-order valence-electron chi connectivity index (χ0n) is 11.3. The molecular weight excluding hydrogens is 423 g/mol. The molecule has 0 aliphatic carbocycles. The number of aromatic amines is 1. The van der Waals surface area contributed by atoms with Crippen molar-refractivity contribution in [3.05, 3.63) is 43.0 Å². The summed E-state index contributed by atoms with van der Waals surface area (Å²) in [5.41, 5.74) is 0.596. The third-order valence-electron chi connectivity index (χ3n) is 2.97. The molecule has 0 aliphatic rings. The molecule has 0 saturated carbocycles. The van der Waals surface area contributed by atoms with Gasteiger partial charge >= 0.3 is 0 Å². The molecule has 0 radical (unpaired) electrons. The van der Waals surface area contributed by atoms with Gasteiger partial charge in [0.1, 0.15) is 5.82 Å². The van der Waals surface area contributed by atoms with Crippen molar-refractivity contribution in [2.24, 2.45) is 0 Å². The van der Waals surface area contributed by atoms with Gasteiger partial charge in [-0.25, -0.2) is 0 Å². The minimum absolute atomic E-state index is 0.123. The van der Waals surface area contributed by atoms with E-state index in [0.29, 0.717) is 28.3 Å². The fraction of sp³-hybridized carbons (Fsp3) is 0.308. The van der Waals surface area contributed by atoms with Crippen molar-refractivity contribution < 1.29 is 4.79 Å². The van der Waals surface area contributed by atoms with Gasteiger partial charge in [0.05, 0.1) is 5.02 Å². The lowest BCUT2D eigenvalue weighted by molar-refractivity contribution is 0.0954. The van der Waals surface area contributed by atoms with Crippen molar-refractivity contribution in [2.45, 2.75) is 19.9 Å². The first kappa shape index (κ1) is 16.4. The zero-order valence-corrected chi connectivity index (χ0v) is 15.1. The van der Waals surface area contributed by atoms with Crippen LogP contribution >= 0.6 is 46.4 Å². The van der Waals surface area contributed by atoms with E-state index in [9.17, 15) is 4.79 Å². The first-order chi connectivity index (χ1) is 10.0. The van der Waals surface area contributed by atoms with Crippen LogP contribution in [0.5, 0.6) is 0 Å². The number of amides is 1. The van der Waals surface area contributed by atoms with Crippen molar-refractivity contribution >= 4 is 52.3 Å². The van der Waals surface area contributed by atoms with Gasteiger partial charge in [0.25, 0.3) is 5.91 Å². The number of halogens is 2. The predicted octanol–water partition coefficient (Wildman–Crippen LogP) is 3.19. The predicted molar refractivity (Wildman–Crippen MR) is 93.3 cm³/mol. The van der Waals surface area contributed by atoms with Gasteiger partial charge in [-0.3, -0.25) is 9.89 Å². The van der Waals surface area contributed by atoms with E-state index >= 15 is 0 Å². The van der Waals surface area contributed by atoms with Crippen LogP contribution in [0.3, 0.4) is 0 Å². The van der Waals surface area contributed by atoms with Crippen molar-refractivity contribution in [3.63, 3.8) is 0 Å². The lowest BCUT2D eigenvalue weighted by Crippen LogP contribution is -2.26. The summed E-state index contributed by atoms with van der Waals surface area (Å²) in [4.78, 5) is 12.0. The Morgan fingerprint density at radius 1 is 1.57 bits per heavy atom. The maximum absolute atomic E-state index is 12.0. The van der Waals surface area contributed by atoms with Gasteiger partial charge in [-0.05, 0) is 59.9 Å². The van der Waals surface area contributed by atoms with E-state index in [1.165, 1.54) is 0 Å². The van der Waals surface area contributed by atoms with Gasteiger partial charge in [-0.2, -0.15) is 5.10 Å². The average Bonchev–Trinajstić information content (AvgIpc) is 2.82. The van der Waals surface area contributed by atoms with Crippen LogP contribution in [0.2, 0.25) is 5.02 Å². The molecule has 1 aromatic carbocycles. The number of H-pyrrole nitrogens is 1. The maximum atomic E-state index is 12.0. The van der Waals surface area contributed by atoms with Gasteiger partial charge in [0.15, 0.2) is 4.77 Å². The van der Waals surface area contributed by atoms with E-state index in [1.807, 2.05) is 11.5 Å². The van der Waals surface area contributed by atoms with Crippen molar-refractivity contribution in [1.82, 2.24) is 20.1 Å². The first-order valence-corrected chi connectivity index (χ1v) is 8.26. The van der Waals surface area contributed by atoms with Gasteiger partial charge in [0, 0.05) is 28.6 Å². The monoisotopic (exact) mass is 436 g/mol. The number of rotatable bonds is 5. The number of nitrogens with one attached hydrogen (secondary N) is 2. The Balaban J connectivity index is 1.95. The van der Waals surface area contributed by atoms with Crippen LogP contribution in [-0.4, -0.2) is 27.2 Å². The summed E-state index contributed by atoms with van der Waals surface area (Å²) in [5.74, 6) is 0.718. The average molecular weight is 437 g/mol. The molecule has 1 amide bonds. The highest BCUT2D eigenvalue weighted by Gasteiger charge is 2.09. The minimum atomic E-state index is -0.123. The molecule has 0 unspecified atom stereocenters. The number of benzene rings is 1. The molecule has 2 N–H and O–H groups in total. The number of aromatic nitrogens is 3. The van der Waals surface area contributed by atoms with Crippen LogP contribution in [0.1, 0.15) is 23.1 Å². The molecule has 2 rings (SSSR count). The molecule has 5 nitrogen and oxygen atoms in total. The summed E-state index contributed by atoms with van der Waals surface area (Å²) in [5, 5.41) is 10.4. The van der Waals surface area contributed by atoms with Gasteiger partial charge < -0.3 is 9.88 Å². The van der Waals surface area contributed by atoms with Crippen LogP contribution in [0.4, 0.5) is 0 Å². The normalized spacial score (nSPS) is 10.6. The van der Waals surface area contributed by atoms with E-state index < -0.39 is 0 Å². The molecule has 2 aromatic rings. The van der Waals surface area contributed by atoms with Crippen LogP contribution in [0.15, 0.2) is 18.2 Å². The van der Waals surface area contributed by atoms with Crippen LogP contribution in [-0.2, 0) is 13.0 Å². The lowest BCUT2D eigenvalue weighted by atomic mass is 10.2. The fourth-order valence-electron chi connectivity index (χ4n) is 1.89. The Kier molecular flexibility index (Phi) is 5.77. The third-order valence-corrected chi connectivity index (χ3v) is 4.82. The summed E-state index contributed by atoms with van der Waals surface area (Å²) in [6, 6.07) is 5.20. The van der Waals surface area contributed by atoms with E-state index in [-0.39, 0.29) is 5.91 Å². The standard InChI is InChI=1S/C13H14ClIN4OS/c1-2-19-11(17-18-13(19)21)5-6-16-12(20)8-3-4-9(14)10(15)7-8/h3-4,7H,2,5-6H2,1H3,(H,16,20)(H,18,21). The fourth-order valence-corrected chi connectivity index (χ4v) is 2.81. The van der Waals surface area contributed by atoms with E-state index in [1.54, 1.807) is 18.2 Å². The van der Waals surface area contributed by atoms with E-state index in [2.05, 4.69) is 38.1 Å². The highest BCUT2D eigenvalue weighted by Crippen LogP contribution is 2.19. The van der Waals surface area contributed by atoms with Crippen LogP contribution in [0, 0.1) is 8.34 Å². The highest BCUT2D eigenvalue weighted by atomic mass is 127. The van der Waals surface area contributed by atoms with Crippen molar-refractivity contribution in [2.75, 3.05) is 6.54 Å². The molecule has 112 valence electrons. The maximum Gasteiger partial charge on any atom is 0.251 e.